The number of rotatable bonds is 5. The molecule has 7 nitrogen and oxygen atoms in total. The first kappa shape index (κ1) is 18.5. The van der Waals surface area contributed by atoms with Gasteiger partial charge in [0.1, 0.15) is 17.1 Å². The molecule has 4 heterocycles. The molecule has 0 bridgehead atoms. The summed E-state index contributed by atoms with van der Waals surface area (Å²) in [5, 5.41) is 10.9. The number of pyridine rings is 1. The average molecular weight is 400 g/mol. The van der Waals surface area contributed by atoms with Crippen LogP contribution in [0.5, 0.6) is 5.75 Å². The second-order valence-electron chi connectivity index (χ2n) is 8.10. The molecule has 1 aromatic carbocycles. The Morgan fingerprint density at radius 1 is 1.20 bits per heavy atom. The summed E-state index contributed by atoms with van der Waals surface area (Å²) < 4.78 is 8.19. The summed E-state index contributed by atoms with van der Waals surface area (Å²) in [7, 11) is 0. The highest BCUT2D eigenvalue weighted by Crippen LogP contribution is 2.40. The highest BCUT2D eigenvalue weighted by molar-refractivity contribution is 5.67. The van der Waals surface area contributed by atoms with Crippen molar-refractivity contribution in [2.75, 3.05) is 6.61 Å². The first-order valence-corrected chi connectivity index (χ1v) is 10.2. The predicted molar refractivity (Wildman–Crippen MR) is 114 cm³/mol. The molecule has 1 aliphatic rings. The Morgan fingerprint density at radius 3 is 2.90 bits per heavy atom. The highest BCUT2D eigenvalue weighted by Gasteiger charge is 2.27. The molecule has 7 heteroatoms. The van der Waals surface area contributed by atoms with E-state index in [0.29, 0.717) is 18.4 Å². The molecule has 0 spiro atoms. The van der Waals surface area contributed by atoms with E-state index in [1.165, 1.54) is 11.1 Å². The summed E-state index contributed by atoms with van der Waals surface area (Å²) in [4.78, 5) is 9.09. The number of aromatic amines is 1. The van der Waals surface area contributed by atoms with Crippen molar-refractivity contribution in [1.29, 1.82) is 0 Å². The SMILES string of the molecule is Cc1[nH]nnc1-c1ccnc(-c2cn(C[C@H]3COc4c(C(C)C)cccc43)cn2)c1. The fourth-order valence-electron chi connectivity index (χ4n) is 4.06. The largest absolute Gasteiger partial charge is 0.492 e. The maximum Gasteiger partial charge on any atom is 0.126 e. The summed E-state index contributed by atoms with van der Waals surface area (Å²) in [5.74, 6) is 1.83. The molecule has 30 heavy (non-hydrogen) atoms. The van der Waals surface area contributed by atoms with Crippen molar-refractivity contribution in [1.82, 2.24) is 29.9 Å². The number of ether oxygens (including phenoxy) is 1. The summed E-state index contributed by atoms with van der Waals surface area (Å²) in [6.45, 7) is 7.89. The zero-order chi connectivity index (χ0) is 20.7. The van der Waals surface area contributed by atoms with Crippen LogP contribution in [0.4, 0.5) is 0 Å². The Labute approximate surface area is 175 Å². The lowest BCUT2D eigenvalue weighted by molar-refractivity contribution is 0.316. The third-order valence-corrected chi connectivity index (χ3v) is 5.65. The first-order valence-electron chi connectivity index (χ1n) is 10.2. The fourth-order valence-corrected chi connectivity index (χ4v) is 4.06. The molecule has 5 rings (SSSR count). The number of nitrogens with zero attached hydrogens (tertiary/aromatic N) is 5. The molecule has 0 amide bonds. The summed E-state index contributed by atoms with van der Waals surface area (Å²) >= 11 is 0. The van der Waals surface area contributed by atoms with Crippen molar-refractivity contribution in [3.05, 3.63) is 65.9 Å². The minimum Gasteiger partial charge on any atom is -0.492 e. The highest BCUT2D eigenvalue weighted by atomic mass is 16.5. The lowest BCUT2D eigenvalue weighted by Crippen LogP contribution is -2.09. The van der Waals surface area contributed by atoms with Gasteiger partial charge in [-0.15, -0.1) is 5.10 Å². The zero-order valence-electron chi connectivity index (χ0n) is 17.3. The monoisotopic (exact) mass is 400 g/mol. The molecule has 0 unspecified atom stereocenters. The Kier molecular flexibility index (Phi) is 4.58. The Hall–Kier alpha value is -3.48. The van der Waals surface area contributed by atoms with Gasteiger partial charge in [-0.05, 0) is 30.5 Å². The quantitative estimate of drug-likeness (QED) is 0.539. The van der Waals surface area contributed by atoms with Gasteiger partial charge in [0, 0.05) is 36.0 Å². The predicted octanol–water partition coefficient (Wildman–Crippen LogP) is 4.34. The minimum atomic E-state index is 0.317. The normalized spacial score (nSPS) is 15.4. The lowest BCUT2D eigenvalue weighted by atomic mass is 9.94. The molecular weight excluding hydrogens is 376 g/mol. The van der Waals surface area contributed by atoms with Crippen LogP contribution >= 0.6 is 0 Å². The van der Waals surface area contributed by atoms with E-state index in [-0.39, 0.29) is 0 Å². The van der Waals surface area contributed by atoms with Crippen molar-refractivity contribution < 1.29 is 4.74 Å². The molecule has 0 fully saturated rings. The number of fused-ring (bicyclic) bond motifs is 1. The lowest BCUT2D eigenvalue weighted by Gasteiger charge is -2.12. The van der Waals surface area contributed by atoms with Gasteiger partial charge in [0.25, 0.3) is 0 Å². The molecule has 0 radical (unpaired) electrons. The van der Waals surface area contributed by atoms with E-state index in [0.717, 1.165) is 40.6 Å². The number of aromatic nitrogens is 6. The minimum absolute atomic E-state index is 0.317. The molecular formula is C23H24N6O. The van der Waals surface area contributed by atoms with Gasteiger partial charge in [-0.25, -0.2) is 4.98 Å². The van der Waals surface area contributed by atoms with Crippen molar-refractivity contribution >= 4 is 0 Å². The Morgan fingerprint density at radius 2 is 2.10 bits per heavy atom. The summed E-state index contributed by atoms with van der Waals surface area (Å²) in [6.07, 6.45) is 5.70. The van der Waals surface area contributed by atoms with E-state index in [1.807, 2.05) is 31.6 Å². The summed E-state index contributed by atoms with van der Waals surface area (Å²) in [5.41, 5.74) is 6.97. The van der Waals surface area contributed by atoms with Gasteiger partial charge in [-0.3, -0.25) is 10.1 Å². The van der Waals surface area contributed by atoms with Crippen LogP contribution in [0, 0.1) is 6.92 Å². The number of benzene rings is 1. The molecule has 1 N–H and O–H groups in total. The maximum absolute atomic E-state index is 6.07. The molecule has 4 aromatic rings. The smallest absolute Gasteiger partial charge is 0.126 e. The van der Waals surface area contributed by atoms with Crippen molar-refractivity contribution in [3.8, 4) is 28.4 Å². The second-order valence-corrected chi connectivity index (χ2v) is 8.10. The van der Waals surface area contributed by atoms with Crippen molar-refractivity contribution in [2.45, 2.75) is 39.2 Å². The molecule has 3 aromatic heterocycles. The van der Waals surface area contributed by atoms with E-state index in [1.54, 1.807) is 6.20 Å². The van der Waals surface area contributed by atoms with Gasteiger partial charge in [0.15, 0.2) is 0 Å². The first-order chi connectivity index (χ1) is 14.6. The van der Waals surface area contributed by atoms with Crippen LogP contribution < -0.4 is 4.74 Å². The van der Waals surface area contributed by atoms with Crippen molar-refractivity contribution in [2.24, 2.45) is 0 Å². The van der Waals surface area contributed by atoms with Crippen LogP contribution in [0.25, 0.3) is 22.6 Å². The van der Waals surface area contributed by atoms with Crippen LogP contribution in [0.15, 0.2) is 49.1 Å². The Bertz CT molecular complexity index is 1190. The van der Waals surface area contributed by atoms with Crippen LogP contribution in [0.1, 0.15) is 42.5 Å². The zero-order valence-corrected chi connectivity index (χ0v) is 17.3. The number of hydrogen-bond acceptors (Lipinski definition) is 5. The van der Waals surface area contributed by atoms with E-state index in [2.05, 4.69) is 62.0 Å². The molecule has 1 aliphatic heterocycles. The average Bonchev–Trinajstić information content (AvgIpc) is 3.48. The van der Waals surface area contributed by atoms with E-state index >= 15 is 0 Å². The van der Waals surface area contributed by atoms with Gasteiger partial charge >= 0.3 is 0 Å². The third-order valence-electron chi connectivity index (χ3n) is 5.65. The topological polar surface area (TPSA) is 81.5 Å². The number of aryl methyl sites for hydroxylation is 1. The van der Waals surface area contributed by atoms with Crippen molar-refractivity contribution in [3.63, 3.8) is 0 Å². The number of hydrogen-bond donors (Lipinski definition) is 1. The van der Waals surface area contributed by atoms with Crippen LogP contribution in [0.2, 0.25) is 0 Å². The standard InChI is InChI=1S/C23H24N6O/c1-14(2)18-5-4-6-19-17(12-30-23(18)19)10-29-11-21(25-13-29)20-9-16(7-8-24-20)22-15(3)26-28-27-22/h4-9,11,13-14,17H,10,12H2,1-3H3,(H,26,27,28)/t17-/m0/s1. The third kappa shape index (κ3) is 3.26. The van der Waals surface area contributed by atoms with E-state index in [9.17, 15) is 0 Å². The van der Waals surface area contributed by atoms with E-state index < -0.39 is 0 Å². The molecule has 0 aliphatic carbocycles. The van der Waals surface area contributed by atoms with Gasteiger partial charge in [0.05, 0.1) is 24.3 Å². The number of H-pyrrole nitrogens is 1. The van der Waals surface area contributed by atoms with Crippen LogP contribution in [0.3, 0.4) is 0 Å². The number of nitrogens with one attached hydrogen (secondary N) is 1. The molecule has 1 atom stereocenters. The number of imidazole rings is 1. The van der Waals surface area contributed by atoms with Gasteiger partial charge < -0.3 is 9.30 Å². The van der Waals surface area contributed by atoms with Gasteiger partial charge in [-0.2, -0.15) is 0 Å². The number of para-hydroxylation sites is 1. The maximum atomic E-state index is 6.07. The van der Waals surface area contributed by atoms with Crippen LogP contribution in [-0.4, -0.2) is 36.6 Å². The Balaban J connectivity index is 1.38. The molecule has 152 valence electrons. The second kappa shape index (κ2) is 7.40. The van der Waals surface area contributed by atoms with Crippen LogP contribution in [-0.2, 0) is 6.54 Å². The van der Waals surface area contributed by atoms with E-state index in [4.69, 9.17) is 4.74 Å². The van der Waals surface area contributed by atoms with Gasteiger partial charge in [-0.1, -0.05) is 37.3 Å². The fraction of sp³-hybridized carbons (Fsp3) is 0.304. The van der Waals surface area contributed by atoms with Gasteiger partial charge in [0.2, 0.25) is 0 Å². The molecule has 0 saturated carbocycles. The summed E-state index contributed by atoms with van der Waals surface area (Å²) in [6, 6.07) is 10.4. The molecule has 0 saturated heterocycles.